The van der Waals surface area contributed by atoms with E-state index in [0.29, 0.717) is 54.4 Å². The number of rotatable bonds is 9. The lowest BCUT2D eigenvalue weighted by Gasteiger charge is -2.30. The number of nitrogens with two attached hydrogens (primary N) is 1. The van der Waals surface area contributed by atoms with Gasteiger partial charge in [-0.3, -0.25) is 19.8 Å². The van der Waals surface area contributed by atoms with Gasteiger partial charge in [0.15, 0.2) is 0 Å². The predicted molar refractivity (Wildman–Crippen MR) is 139 cm³/mol. The van der Waals surface area contributed by atoms with Crippen LogP contribution in [-0.2, 0) is 14.3 Å². The number of hydrogen-bond acceptors (Lipinski definition) is 7. The van der Waals surface area contributed by atoms with E-state index in [1.165, 1.54) is 24.0 Å². The van der Waals surface area contributed by atoms with E-state index in [4.69, 9.17) is 15.9 Å². The number of nitrogens with zero attached hydrogens (tertiary/aromatic N) is 2. The summed E-state index contributed by atoms with van der Waals surface area (Å²) in [4.78, 5) is 42.1. The summed E-state index contributed by atoms with van der Waals surface area (Å²) in [5.41, 5.74) is 7.67. The van der Waals surface area contributed by atoms with Gasteiger partial charge in [0.1, 0.15) is 11.9 Å². The van der Waals surface area contributed by atoms with Crippen molar-refractivity contribution in [3.63, 3.8) is 0 Å². The second-order valence-corrected chi connectivity index (χ2v) is 8.78. The minimum absolute atomic E-state index is 0.0833. The van der Waals surface area contributed by atoms with Gasteiger partial charge in [-0.2, -0.15) is 0 Å². The van der Waals surface area contributed by atoms with Gasteiger partial charge in [0.25, 0.3) is 11.8 Å². The molecule has 2 aromatic carbocycles. The summed E-state index contributed by atoms with van der Waals surface area (Å²) in [6, 6.07) is 11.2. The third-order valence-corrected chi connectivity index (χ3v) is 6.31. The number of morpholine rings is 1. The second-order valence-electron chi connectivity index (χ2n) is 8.78. The molecule has 37 heavy (non-hydrogen) atoms. The van der Waals surface area contributed by atoms with Crippen LogP contribution in [0.15, 0.2) is 42.5 Å². The summed E-state index contributed by atoms with van der Waals surface area (Å²) < 4.78 is 5.32. The maximum Gasteiger partial charge on any atom is 0.254 e. The lowest BCUT2D eigenvalue weighted by atomic mass is 9.99. The van der Waals surface area contributed by atoms with Crippen molar-refractivity contribution in [2.75, 3.05) is 49.7 Å². The molecule has 6 N–H and O–H groups in total. The average Bonchev–Trinajstić information content (AvgIpc) is 2.91. The van der Waals surface area contributed by atoms with Gasteiger partial charge >= 0.3 is 0 Å². The Bertz CT molecular complexity index is 1150. The number of nitrogen functional groups attached to an aromatic ring is 1. The Kier molecular flexibility index (Phi) is 9.34. The Morgan fingerprint density at radius 2 is 1.81 bits per heavy atom. The molecule has 3 amide bonds. The van der Waals surface area contributed by atoms with E-state index in [0.717, 1.165) is 0 Å². The molecule has 0 unspecified atom stereocenters. The molecule has 1 aliphatic heterocycles. The Morgan fingerprint density at radius 3 is 2.41 bits per heavy atom. The molecule has 1 fully saturated rings. The monoisotopic (exact) mass is 511 g/mol. The van der Waals surface area contributed by atoms with Crippen LogP contribution in [0.5, 0.6) is 0 Å². The summed E-state index contributed by atoms with van der Waals surface area (Å²) in [6.07, 6.45) is -1.68. The van der Waals surface area contributed by atoms with Crippen LogP contribution in [-0.4, -0.2) is 84.2 Å². The molecule has 3 rings (SSSR count). The molecule has 2 aromatic rings. The van der Waals surface area contributed by atoms with Crippen LogP contribution in [0, 0.1) is 18.3 Å². The summed E-state index contributed by atoms with van der Waals surface area (Å²) in [5.74, 6) is -2.81. The molecule has 0 aromatic heterocycles. The Balaban J connectivity index is 1.78. The van der Waals surface area contributed by atoms with Crippen molar-refractivity contribution in [2.45, 2.75) is 20.0 Å². The third-order valence-electron chi connectivity index (χ3n) is 6.31. The van der Waals surface area contributed by atoms with Gasteiger partial charge in [-0.15, -0.1) is 0 Å². The highest BCUT2D eigenvalue weighted by atomic mass is 16.5. The van der Waals surface area contributed by atoms with E-state index in [2.05, 4.69) is 5.32 Å². The molecule has 11 heteroatoms. The third kappa shape index (κ3) is 6.50. The number of anilines is 2. The normalized spacial score (nSPS) is 15.0. The number of aliphatic hydroxyl groups is 2. The number of amides is 3. The quantitative estimate of drug-likeness (QED) is 0.244. The van der Waals surface area contributed by atoms with Crippen molar-refractivity contribution < 1.29 is 29.3 Å². The molecule has 1 aliphatic rings. The SMILES string of the molecule is Cc1c(C(=O)N2CCOCC2)cccc1N(CCO)C(=O)[C@H](C)[C@@H](O)C(=O)Nc1ccc(C(=N)N)cc1. The lowest BCUT2D eigenvalue weighted by molar-refractivity contribution is -0.134. The summed E-state index contributed by atoms with van der Waals surface area (Å²) in [5, 5.41) is 30.3. The van der Waals surface area contributed by atoms with E-state index in [1.807, 2.05) is 0 Å². The fraction of sp³-hybridized carbons (Fsp3) is 0.385. The molecule has 0 radical (unpaired) electrons. The van der Waals surface area contributed by atoms with Crippen LogP contribution in [0.25, 0.3) is 0 Å². The summed E-state index contributed by atoms with van der Waals surface area (Å²) >= 11 is 0. The van der Waals surface area contributed by atoms with Gasteiger partial charge in [-0.1, -0.05) is 13.0 Å². The number of carbonyl (C=O) groups is 3. The number of ether oxygens (including phenoxy) is 1. The smallest absolute Gasteiger partial charge is 0.254 e. The summed E-state index contributed by atoms with van der Waals surface area (Å²) in [6.45, 7) is 4.56. The second kappa shape index (κ2) is 12.4. The number of carbonyl (C=O) groups excluding carboxylic acids is 3. The first kappa shape index (κ1) is 27.8. The number of amidine groups is 1. The molecule has 0 bridgehead atoms. The van der Waals surface area contributed by atoms with Crippen LogP contribution >= 0.6 is 0 Å². The molecule has 0 saturated carbocycles. The Morgan fingerprint density at radius 1 is 1.16 bits per heavy atom. The highest BCUT2D eigenvalue weighted by Crippen LogP contribution is 2.27. The van der Waals surface area contributed by atoms with Gasteiger partial charge in [0.2, 0.25) is 5.91 Å². The van der Waals surface area contributed by atoms with Gasteiger partial charge in [-0.25, -0.2) is 0 Å². The summed E-state index contributed by atoms with van der Waals surface area (Å²) in [7, 11) is 0. The topological polar surface area (TPSA) is 169 Å². The van der Waals surface area contributed by atoms with E-state index in [9.17, 15) is 24.6 Å². The zero-order valence-electron chi connectivity index (χ0n) is 20.9. The number of nitrogens with one attached hydrogen (secondary N) is 2. The molecule has 0 aliphatic carbocycles. The molecule has 11 nitrogen and oxygen atoms in total. The van der Waals surface area contributed by atoms with Crippen LogP contribution in [0.3, 0.4) is 0 Å². The van der Waals surface area contributed by atoms with E-state index in [-0.39, 0.29) is 24.9 Å². The fourth-order valence-corrected chi connectivity index (χ4v) is 4.09. The van der Waals surface area contributed by atoms with Crippen molar-refractivity contribution in [3.05, 3.63) is 59.2 Å². The number of aliphatic hydroxyl groups excluding tert-OH is 2. The largest absolute Gasteiger partial charge is 0.395 e. The maximum absolute atomic E-state index is 13.4. The van der Waals surface area contributed by atoms with Crippen molar-refractivity contribution in [1.82, 2.24) is 4.90 Å². The van der Waals surface area contributed by atoms with Crippen molar-refractivity contribution in [3.8, 4) is 0 Å². The standard InChI is InChI=1S/C26H33N5O6/c1-16-20(26(36)30-11-14-37-15-12-30)4-3-5-21(16)31(10-13-32)25(35)17(2)22(33)24(34)29-19-8-6-18(7-9-19)23(27)28/h3-9,17,22,32-33H,10-15H2,1-2H3,(H3,27,28)(H,29,34)/t17-,22-/m1/s1. The minimum Gasteiger partial charge on any atom is -0.395 e. The zero-order valence-corrected chi connectivity index (χ0v) is 20.9. The van der Waals surface area contributed by atoms with Crippen LogP contribution < -0.4 is 16.0 Å². The van der Waals surface area contributed by atoms with Crippen LogP contribution in [0.1, 0.15) is 28.4 Å². The van der Waals surface area contributed by atoms with Crippen molar-refractivity contribution in [2.24, 2.45) is 11.7 Å². The van der Waals surface area contributed by atoms with Gasteiger partial charge < -0.3 is 35.8 Å². The first-order valence-corrected chi connectivity index (χ1v) is 12.0. The molecule has 1 saturated heterocycles. The van der Waals surface area contributed by atoms with Crippen LogP contribution in [0.4, 0.5) is 11.4 Å². The number of hydrogen-bond donors (Lipinski definition) is 5. The minimum atomic E-state index is -1.68. The predicted octanol–water partition coefficient (Wildman–Crippen LogP) is 0.712. The van der Waals surface area contributed by atoms with Crippen molar-refractivity contribution in [1.29, 1.82) is 5.41 Å². The van der Waals surface area contributed by atoms with Gasteiger partial charge in [-0.05, 0) is 48.9 Å². The highest BCUT2D eigenvalue weighted by Gasteiger charge is 2.33. The molecular weight excluding hydrogens is 478 g/mol. The highest BCUT2D eigenvalue weighted by molar-refractivity contribution is 6.04. The first-order chi connectivity index (χ1) is 17.6. The Labute approximate surface area is 215 Å². The van der Waals surface area contributed by atoms with E-state index in [1.54, 1.807) is 42.2 Å². The molecular formula is C26H33N5O6. The molecule has 1 heterocycles. The van der Waals surface area contributed by atoms with Gasteiger partial charge in [0, 0.05) is 42.1 Å². The zero-order chi connectivity index (χ0) is 27.1. The fourth-order valence-electron chi connectivity index (χ4n) is 4.09. The lowest BCUT2D eigenvalue weighted by Crippen LogP contribution is -2.45. The first-order valence-electron chi connectivity index (χ1n) is 12.0. The number of benzene rings is 2. The Hall–Kier alpha value is -3.80. The molecule has 198 valence electrons. The van der Waals surface area contributed by atoms with E-state index < -0.39 is 23.8 Å². The molecule has 0 spiro atoms. The average molecular weight is 512 g/mol. The molecule has 2 atom stereocenters. The van der Waals surface area contributed by atoms with Crippen LogP contribution in [0.2, 0.25) is 0 Å². The maximum atomic E-state index is 13.4. The van der Waals surface area contributed by atoms with Gasteiger partial charge in [0.05, 0.1) is 25.7 Å². The van der Waals surface area contributed by atoms with Crippen molar-refractivity contribution >= 4 is 34.9 Å². The van der Waals surface area contributed by atoms with E-state index >= 15 is 0 Å².